The molecule has 202 valence electrons. The zero-order valence-corrected chi connectivity index (χ0v) is 24.1. The fraction of sp³-hybridized carbons (Fsp3) is 0.483. The summed E-state index contributed by atoms with van der Waals surface area (Å²) in [5.41, 5.74) is 3.18. The number of carbonyl (C=O) groups is 3. The van der Waals surface area contributed by atoms with Crippen LogP contribution in [-0.4, -0.2) is 41.5 Å². The third kappa shape index (κ3) is 8.22. The highest BCUT2D eigenvalue weighted by Crippen LogP contribution is 2.31. The van der Waals surface area contributed by atoms with Crippen LogP contribution in [0.5, 0.6) is 0 Å². The minimum Gasteiger partial charge on any atom is -0.444 e. The van der Waals surface area contributed by atoms with Crippen molar-refractivity contribution in [1.29, 1.82) is 0 Å². The molecule has 7 nitrogen and oxygen atoms in total. The van der Waals surface area contributed by atoms with Gasteiger partial charge in [-0.3, -0.25) is 9.59 Å². The van der Waals surface area contributed by atoms with Gasteiger partial charge >= 0.3 is 6.09 Å². The number of halogens is 1. The molecule has 0 bridgehead atoms. The van der Waals surface area contributed by atoms with Crippen molar-refractivity contribution in [3.63, 3.8) is 0 Å². The number of anilines is 1. The zero-order chi connectivity index (χ0) is 28.1. The molecule has 0 saturated carbocycles. The van der Waals surface area contributed by atoms with Gasteiger partial charge in [-0.2, -0.15) is 0 Å². The number of hydrogen-bond acceptors (Lipinski definition) is 4. The minimum absolute atomic E-state index is 0.107. The van der Waals surface area contributed by atoms with Crippen LogP contribution in [-0.2, 0) is 14.3 Å². The van der Waals surface area contributed by atoms with Crippen LogP contribution in [0.1, 0.15) is 69.3 Å². The molecule has 0 aromatic heterocycles. The van der Waals surface area contributed by atoms with Gasteiger partial charge < -0.3 is 20.3 Å². The third-order valence-electron chi connectivity index (χ3n) is 6.09. The van der Waals surface area contributed by atoms with Crippen molar-refractivity contribution < 1.29 is 19.1 Å². The normalized spacial score (nSPS) is 13.1. The second kappa shape index (κ2) is 12.5. The summed E-state index contributed by atoms with van der Waals surface area (Å²) in [4.78, 5) is 41.6. The molecule has 0 aliphatic carbocycles. The number of ether oxygens (including phenoxy) is 1. The third-order valence-corrected chi connectivity index (χ3v) is 6.41. The second-order valence-electron chi connectivity index (χ2n) is 10.9. The van der Waals surface area contributed by atoms with E-state index in [0.29, 0.717) is 22.7 Å². The first kappa shape index (κ1) is 30.2. The van der Waals surface area contributed by atoms with Crippen molar-refractivity contribution in [3.05, 3.63) is 63.7 Å². The van der Waals surface area contributed by atoms with Crippen LogP contribution in [0.2, 0.25) is 5.02 Å². The van der Waals surface area contributed by atoms with E-state index in [1.54, 1.807) is 33.9 Å². The first-order chi connectivity index (χ1) is 17.1. The molecule has 0 aliphatic heterocycles. The van der Waals surface area contributed by atoms with Crippen molar-refractivity contribution in [3.8, 4) is 0 Å². The SMILES string of the molecule is Cc1cccc(C(C(=O)Nc2c(C)cccc2Cl)N(C)C(=O)C(CC(C)C)NC(=O)OC(C)(C)C)c1C. The van der Waals surface area contributed by atoms with Crippen LogP contribution in [0.15, 0.2) is 36.4 Å². The highest BCUT2D eigenvalue weighted by atomic mass is 35.5. The quantitative estimate of drug-likeness (QED) is 0.417. The van der Waals surface area contributed by atoms with Gasteiger partial charge in [0.15, 0.2) is 0 Å². The average Bonchev–Trinajstić information content (AvgIpc) is 2.76. The Hall–Kier alpha value is -3.06. The number of hydrogen-bond donors (Lipinski definition) is 2. The van der Waals surface area contributed by atoms with Crippen LogP contribution in [0.4, 0.5) is 10.5 Å². The fourth-order valence-electron chi connectivity index (χ4n) is 4.09. The van der Waals surface area contributed by atoms with Crippen LogP contribution in [0.25, 0.3) is 0 Å². The van der Waals surface area contributed by atoms with Gasteiger partial charge in [-0.25, -0.2) is 4.79 Å². The lowest BCUT2D eigenvalue weighted by atomic mass is 9.94. The number of amides is 3. The topological polar surface area (TPSA) is 87.7 Å². The van der Waals surface area contributed by atoms with E-state index < -0.39 is 35.6 Å². The maximum absolute atomic E-state index is 13.8. The van der Waals surface area contributed by atoms with Gasteiger partial charge in [0.25, 0.3) is 5.91 Å². The molecule has 0 fully saturated rings. The Labute approximate surface area is 225 Å². The zero-order valence-electron chi connectivity index (χ0n) is 23.4. The summed E-state index contributed by atoms with van der Waals surface area (Å²) in [6.45, 7) is 14.9. The van der Waals surface area contributed by atoms with Crippen molar-refractivity contribution in [1.82, 2.24) is 10.2 Å². The predicted molar refractivity (Wildman–Crippen MR) is 149 cm³/mol. The van der Waals surface area contributed by atoms with Gasteiger partial charge in [-0.15, -0.1) is 0 Å². The van der Waals surface area contributed by atoms with Crippen molar-refractivity contribution in [2.24, 2.45) is 5.92 Å². The number of likely N-dealkylation sites (N-methyl/N-ethyl adjacent to an activating group) is 1. The first-order valence-electron chi connectivity index (χ1n) is 12.5. The number of benzene rings is 2. The van der Waals surface area contributed by atoms with Crippen LogP contribution >= 0.6 is 11.6 Å². The molecular weight excluding hydrogens is 490 g/mol. The molecule has 2 aromatic carbocycles. The smallest absolute Gasteiger partial charge is 0.408 e. The minimum atomic E-state index is -0.960. The monoisotopic (exact) mass is 529 g/mol. The highest BCUT2D eigenvalue weighted by Gasteiger charge is 2.35. The van der Waals surface area contributed by atoms with Gasteiger partial charge in [0.2, 0.25) is 5.91 Å². The number of nitrogens with zero attached hydrogens (tertiary/aromatic N) is 1. The van der Waals surface area contributed by atoms with E-state index in [9.17, 15) is 14.4 Å². The second-order valence-corrected chi connectivity index (χ2v) is 11.3. The molecule has 0 spiro atoms. The first-order valence-corrected chi connectivity index (χ1v) is 12.9. The molecular formula is C29H40ClN3O4. The van der Waals surface area contributed by atoms with E-state index >= 15 is 0 Å². The summed E-state index contributed by atoms with van der Waals surface area (Å²) in [6.07, 6.45) is -0.299. The van der Waals surface area contributed by atoms with E-state index in [-0.39, 0.29) is 5.92 Å². The van der Waals surface area contributed by atoms with Crippen LogP contribution < -0.4 is 10.6 Å². The van der Waals surface area contributed by atoms with Gasteiger partial charge in [-0.05, 0) is 82.2 Å². The van der Waals surface area contributed by atoms with Gasteiger partial charge in [-0.1, -0.05) is 55.8 Å². The maximum Gasteiger partial charge on any atom is 0.408 e. The number of rotatable bonds is 8. The van der Waals surface area contributed by atoms with E-state index in [2.05, 4.69) is 10.6 Å². The van der Waals surface area contributed by atoms with Crippen molar-refractivity contribution >= 4 is 35.2 Å². The van der Waals surface area contributed by atoms with E-state index in [1.165, 1.54) is 4.90 Å². The number of aryl methyl sites for hydroxylation is 2. The highest BCUT2D eigenvalue weighted by molar-refractivity contribution is 6.34. The Morgan fingerprint density at radius 3 is 2.16 bits per heavy atom. The molecule has 0 heterocycles. The lowest BCUT2D eigenvalue weighted by molar-refractivity contribution is -0.139. The van der Waals surface area contributed by atoms with E-state index in [0.717, 1.165) is 16.7 Å². The molecule has 0 aliphatic rings. The number of para-hydroxylation sites is 1. The van der Waals surface area contributed by atoms with Crippen LogP contribution in [0, 0.1) is 26.7 Å². The predicted octanol–water partition coefficient (Wildman–Crippen LogP) is 6.34. The Morgan fingerprint density at radius 1 is 1.00 bits per heavy atom. The standard InChI is InChI=1S/C29H40ClN3O4/c1-17(2)16-23(31-28(36)37-29(6,7)8)27(35)33(9)25(21-14-10-12-18(3)20(21)5)26(34)32-24-19(4)13-11-15-22(24)30/h10-15,17,23,25H,16H2,1-9H3,(H,31,36)(H,32,34). The Kier molecular flexibility index (Phi) is 10.2. The van der Waals surface area contributed by atoms with E-state index in [4.69, 9.17) is 16.3 Å². The van der Waals surface area contributed by atoms with E-state index in [1.807, 2.05) is 65.0 Å². The molecule has 2 rings (SSSR count). The summed E-state index contributed by atoms with van der Waals surface area (Å²) < 4.78 is 5.40. The molecule has 0 saturated heterocycles. The number of alkyl carbamates (subject to hydrolysis) is 1. The van der Waals surface area contributed by atoms with Gasteiger partial charge in [0.1, 0.15) is 17.7 Å². The largest absolute Gasteiger partial charge is 0.444 e. The summed E-state index contributed by atoms with van der Waals surface area (Å²) in [5.74, 6) is -0.686. The molecule has 2 unspecified atom stereocenters. The lowest BCUT2D eigenvalue weighted by Gasteiger charge is -2.33. The Balaban J connectivity index is 2.49. The average molecular weight is 530 g/mol. The Bertz CT molecular complexity index is 1120. The molecule has 37 heavy (non-hydrogen) atoms. The van der Waals surface area contributed by atoms with Crippen molar-refractivity contribution in [2.75, 3.05) is 12.4 Å². The van der Waals surface area contributed by atoms with Gasteiger partial charge in [0.05, 0.1) is 10.7 Å². The summed E-state index contributed by atoms with van der Waals surface area (Å²) >= 11 is 6.38. The number of carbonyl (C=O) groups excluding carboxylic acids is 3. The Morgan fingerprint density at radius 2 is 1.59 bits per heavy atom. The molecule has 0 radical (unpaired) electrons. The number of nitrogens with one attached hydrogen (secondary N) is 2. The summed E-state index contributed by atoms with van der Waals surface area (Å²) in [5, 5.41) is 6.06. The molecule has 2 atom stereocenters. The van der Waals surface area contributed by atoms with Gasteiger partial charge in [0, 0.05) is 7.05 Å². The molecule has 2 N–H and O–H groups in total. The summed E-state index contributed by atoms with van der Waals surface area (Å²) in [6, 6.07) is 9.20. The molecule has 3 amide bonds. The maximum atomic E-state index is 13.8. The summed E-state index contributed by atoms with van der Waals surface area (Å²) in [7, 11) is 1.58. The fourth-order valence-corrected chi connectivity index (χ4v) is 4.36. The molecule has 2 aromatic rings. The van der Waals surface area contributed by atoms with Crippen molar-refractivity contribution in [2.45, 2.75) is 79.5 Å². The van der Waals surface area contributed by atoms with Crippen LogP contribution in [0.3, 0.4) is 0 Å². The lowest BCUT2D eigenvalue weighted by Crippen LogP contribution is -2.51. The molecule has 8 heteroatoms.